The van der Waals surface area contributed by atoms with Crippen LogP contribution in [0.25, 0.3) is 0 Å². The number of rotatable bonds is 6. The zero-order valence-electron chi connectivity index (χ0n) is 10.1. The Morgan fingerprint density at radius 2 is 2.00 bits per heavy atom. The van der Waals surface area contributed by atoms with Gasteiger partial charge in [0.05, 0.1) is 12.7 Å². The molecule has 0 unspecified atom stereocenters. The molecule has 1 rings (SSSR count). The monoisotopic (exact) mass is 229 g/mol. The maximum Gasteiger partial charge on any atom is 0.332 e. The van der Waals surface area contributed by atoms with Crippen molar-refractivity contribution in [3.63, 3.8) is 0 Å². The number of ether oxygens (including phenoxy) is 2. The Morgan fingerprint density at radius 3 is 2.56 bits per heavy atom. The Morgan fingerprint density at radius 1 is 1.31 bits per heavy atom. The van der Waals surface area contributed by atoms with Crippen LogP contribution >= 0.6 is 0 Å². The lowest BCUT2D eigenvalue weighted by Crippen LogP contribution is -2.26. The maximum atomic E-state index is 11.1. The number of esters is 1. The molecule has 1 fully saturated rings. The number of hydrogen-bond acceptors (Lipinski definition) is 4. The standard InChI is InChI=1S/C12H23NO3/c1-2-15-12(14)9-16-11-5-3-10(4-6-11)7-8-13/h10-11H,2-9,13H2,1H3. The van der Waals surface area contributed by atoms with Crippen LogP contribution in [0.3, 0.4) is 0 Å². The van der Waals surface area contributed by atoms with E-state index in [4.69, 9.17) is 15.2 Å². The van der Waals surface area contributed by atoms with Gasteiger partial charge in [-0.1, -0.05) is 0 Å². The molecule has 4 heteroatoms. The third-order valence-electron chi connectivity index (χ3n) is 3.11. The summed E-state index contributed by atoms with van der Waals surface area (Å²) in [6.07, 6.45) is 5.78. The van der Waals surface area contributed by atoms with Gasteiger partial charge in [-0.3, -0.25) is 0 Å². The summed E-state index contributed by atoms with van der Waals surface area (Å²) in [7, 11) is 0. The summed E-state index contributed by atoms with van der Waals surface area (Å²) >= 11 is 0. The summed E-state index contributed by atoms with van der Waals surface area (Å²) in [6, 6.07) is 0. The average molecular weight is 229 g/mol. The van der Waals surface area contributed by atoms with Gasteiger partial charge in [-0.05, 0) is 51.5 Å². The Kier molecular flexibility index (Phi) is 6.42. The van der Waals surface area contributed by atoms with Crippen LogP contribution in [0.4, 0.5) is 0 Å². The van der Waals surface area contributed by atoms with Gasteiger partial charge >= 0.3 is 5.97 Å². The lowest BCUT2D eigenvalue weighted by molar-refractivity contribution is -0.151. The van der Waals surface area contributed by atoms with Crippen LogP contribution in [-0.4, -0.2) is 31.8 Å². The molecule has 0 aromatic carbocycles. The first-order chi connectivity index (χ1) is 7.76. The molecule has 1 aliphatic carbocycles. The van der Waals surface area contributed by atoms with Crippen LogP contribution in [0.15, 0.2) is 0 Å². The molecule has 0 aromatic heterocycles. The van der Waals surface area contributed by atoms with E-state index in [1.807, 2.05) is 0 Å². The molecule has 4 nitrogen and oxygen atoms in total. The highest BCUT2D eigenvalue weighted by Crippen LogP contribution is 2.27. The van der Waals surface area contributed by atoms with E-state index < -0.39 is 0 Å². The zero-order chi connectivity index (χ0) is 11.8. The molecule has 0 heterocycles. The van der Waals surface area contributed by atoms with Crippen molar-refractivity contribution in [3.8, 4) is 0 Å². The Bertz CT molecular complexity index is 200. The quantitative estimate of drug-likeness (QED) is 0.701. The SMILES string of the molecule is CCOC(=O)COC1CCC(CCN)CC1. The topological polar surface area (TPSA) is 61.5 Å². The Hall–Kier alpha value is -0.610. The van der Waals surface area contributed by atoms with E-state index in [2.05, 4.69) is 0 Å². The number of carbonyl (C=O) groups excluding carboxylic acids is 1. The highest BCUT2D eigenvalue weighted by atomic mass is 16.6. The number of hydrogen-bond donors (Lipinski definition) is 1. The lowest BCUT2D eigenvalue weighted by atomic mass is 9.85. The van der Waals surface area contributed by atoms with Gasteiger partial charge in [0.1, 0.15) is 6.61 Å². The van der Waals surface area contributed by atoms with Gasteiger partial charge < -0.3 is 15.2 Å². The first kappa shape index (κ1) is 13.5. The van der Waals surface area contributed by atoms with Crippen LogP contribution in [0.2, 0.25) is 0 Å². The van der Waals surface area contributed by atoms with Crippen LogP contribution < -0.4 is 5.73 Å². The zero-order valence-corrected chi connectivity index (χ0v) is 10.1. The highest BCUT2D eigenvalue weighted by molar-refractivity contribution is 5.70. The van der Waals surface area contributed by atoms with Gasteiger partial charge in [-0.2, -0.15) is 0 Å². The fourth-order valence-corrected chi connectivity index (χ4v) is 2.21. The van der Waals surface area contributed by atoms with Gasteiger partial charge in [-0.25, -0.2) is 4.79 Å². The van der Waals surface area contributed by atoms with Crippen LogP contribution in [0.5, 0.6) is 0 Å². The van der Waals surface area contributed by atoms with Gasteiger partial charge in [-0.15, -0.1) is 0 Å². The van der Waals surface area contributed by atoms with E-state index in [0.717, 1.165) is 31.7 Å². The Balaban J connectivity index is 2.10. The van der Waals surface area contributed by atoms with Crippen LogP contribution in [0.1, 0.15) is 39.0 Å². The summed E-state index contributed by atoms with van der Waals surface area (Å²) in [5.41, 5.74) is 5.53. The van der Waals surface area contributed by atoms with E-state index in [1.165, 1.54) is 12.8 Å². The second kappa shape index (κ2) is 7.63. The van der Waals surface area contributed by atoms with Crippen molar-refractivity contribution in [2.45, 2.75) is 45.1 Å². The molecule has 1 aliphatic rings. The van der Waals surface area contributed by atoms with Crippen molar-refractivity contribution >= 4 is 5.97 Å². The molecule has 0 amide bonds. The second-order valence-corrected chi connectivity index (χ2v) is 4.34. The third-order valence-corrected chi connectivity index (χ3v) is 3.11. The summed E-state index contributed by atoms with van der Waals surface area (Å²) in [4.78, 5) is 11.1. The first-order valence-electron chi connectivity index (χ1n) is 6.23. The molecule has 16 heavy (non-hydrogen) atoms. The first-order valence-corrected chi connectivity index (χ1v) is 6.23. The van der Waals surface area contributed by atoms with Crippen molar-refractivity contribution in [2.75, 3.05) is 19.8 Å². The fraction of sp³-hybridized carbons (Fsp3) is 0.917. The number of nitrogens with two attached hydrogens (primary N) is 1. The molecule has 0 bridgehead atoms. The third kappa shape index (κ3) is 4.94. The van der Waals surface area contributed by atoms with Crippen LogP contribution in [0, 0.1) is 5.92 Å². The minimum atomic E-state index is -0.258. The fourth-order valence-electron chi connectivity index (χ4n) is 2.21. The van der Waals surface area contributed by atoms with E-state index in [9.17, 15) is 4.79 Å². The van der Waals surface area contributed by atoms with E-state index in [1.54, 1.807) is 6.92 Å². The molecule has 94 valence electrons. The molecule has 0 radical (unpaired) electrons. The lowest BCUT2D eigenvalue weighted by Gasteiger charge is -2.27. The molecule has 0 saturated heterocycles. The van der Waals surface area contributed by atoms with Crippen molar-refractivity contribution in [1.82, 2.24) is 0 Å². The van der Waals surface area contributed by atoms with E-state index in [-0.39, 0.29) is 18.7 Å². The summed E-state index contributed by atoms with van der Waals surface area (Å²) in [6.45, 7) is 3.10. The Labute approximate surface area is 97.5 Å². The van der Waals surface area contributed by atoms with Gasteiger partial charge in [0, 0.05) is 0 Å². The predicted molar refractivity (Wildman–Crippen MR) is 62.0 cm³/mol. The van der Waals surface area contributed by atoms with Crippen molar-refractivity contribution in [1.29, 1.82) is 0 Å². The summed E-state index contributed by atoms with van der Waals surface area (Å²) < 4.78 is 10.3. The molecule has 0 aromatic rings. The van der Waals surface area contributed by atoms with Gasteiger partial charge in [0.25, 0.3) is 0 Å². The summed E-state index contributed by atoms with van der Waals surface area (Å²) in [5, 5.41) is 0. The molecular formula is C12H23NO3. The molecule has 0 aliphatic heterocycles. The van der Waals surface area contributed by atoms with E-state index in [0.29, 0.717) is 6.61 Å². The largest absolute Gasteiger partial charge is 0.464 e. The van der Waals surface area contributed by atoms with Gasteiger partial charge in [0.2, 0.25) is 0 Å². The molecule has 0 atom stereocenters. The second-order valence-electron chi connectivity index (χ2n) is 4.34. The molecular weight excluding hydrogens is 206 g/mol. The van der Waals surface area contributed by atoms with Crippen molar-refractivity contribution in [3.05, 3.63) is 0 Å². The van der Waals surface area contributed by atoms with Crippen molar-refractivity contribution < 1.29 is 14.3 Å². The normalized spacial score (nSPS) is 25.4. The highest BCUT2D eigenvalue weighted by Gasteiger charge is 2.21. The predicted octanol–water partition coefficient (Wildman–Crippen LogP) is 1.47. The molecule has 1 saturated carbocycles. The average Bonchev–Trinajstić information content (AvgIpc) is 2.29. The maximum absolute atomic E-state index is 11.1. The summed E-state index contributed by atoms with van der Waals surface area (Å²) in [5.74, 6) is 0.499. The minimum absolute atomic E-state index is 0.0973. The van der Waals surface area contributed by atoms with Gasteiger partial charge in [0.15, 0.2) is 0 Å². The smallest absolute Gasteiger partial charge is 0.332 e. The molecule has 0 spiro atoms. The number of carbonyl (C=O) groups is 1. The van der Waals surface area contributed by atoms with E-state index >= 15 is 0 Å². The molecule has 2 N–H and O–H groups in total. The van der Waals surface area contributed by atoms with Crippen LogP contribution in [-0.2, 0) is 14.3 Å². The van der Waals surface area contributed by atoms with Crippen molar-refractivity contribution in [2.24, 2.45) is 11.7 Å². The minimum Gasteiger partial charge on any atom is -0.464 e.